The maximum absolute atomic E-state index is 11.1. The third-order valence-electron chi connectivity index (χ3n) is 11.8. The zero-order chi connectivity index (χ0) is 63.3. The van der Waals surface area contributed by atoms with Crippen molar-refractivity contribution in [3.8, 4) is 27.7 Å². The molecular formula is C60H65BrClN15O6S6. The molecule has 0 spiro atoms. The molecule has 0 fully saturated rings. The largest absolute Gasteiger partial charge is 0.497 e. The summed E-state index contributed by atoms with van der Waals surface area (Å²) in [7, 11) is 1.66. The van der Waals surface area contributed by atoms with Gasteiger partial charge in [0.25, 0.3) is 0 Å². The molecule has 0 aliphatic carbocycles. The lowest BCUT2D eigenvalue weighted by Crippen LogP contribution is -2.05. The molecule has 3 aliphatic heterocycles. The second-order valence-electron chi connectivity index (χ2n) is 19.3. The number of rotatable bonds is 19. The maximum Gasteiger partial charge on any atom is 0.209 e. The van der Waals surface area contributed by atoms with Gasteiger partial charge in [-0.25, -0.2) is 19.9 Å². The number of nitrogens with one attached hydrogen (secondary N) is 4. The topological polar surface area (TPSA) is 297 Å². The Hall–Kier alpha value is -6.92. The number of imidazole rings is 2. The predicted molar refractivity (Wildman–Crippen MR) is 372 cm³/mol. The number of nitrogens with zero attached hydrogens (tertiary/aromatic N) is 11. The molecule has 8 heterocycles. The number of carbonyl (C=O) groups is 5. The van der Waals surface area contributed by atoms with Gasteiger partial charge >= 0.3 is 0 Å². The fourth-order valence-electron chi connectivity index (χ4n) is 7.60. The SMILES string of the molecule is C.CC(=O)CSC1=C(Cl)C(c2ccccc2)=NC1.CC(=O)CSC1=NN=C(c2cnc(C)[nH]2)C1.CC(=O)CSC1=NN=C(c2nc[nH]c2C)C1.CC(=O)CSc1n[nH]c(-c2scnc2C)n1.COc1ccc2cc(-c3[nH]nc(SCC(C)=O)c3Br)ccc2c1. The summed E-state index contributed by atoms with van der Waals surface area (Å²) in [6.07, 6.45) is 4.75. The van der Waals surface area contributed by atoms with Gasteiger partial charge in [0.15, 0.2) is 5.82 Å². The van der Waals surface area contributed by atoms with Crippen LogP contribution < -0.4 is 4.74 Å². The number of aromatic amines is 4. The van der Waals surface area contributed by atoms with E-state index in [-0.39, 0.29) is 36.3 Å². The number of fused-ring (bicyclic) bond motifs is 1. The molecule has 21 nitrogen and oxygen atoms in total. The Morgan fingerprint density at radius 1 is 0.685 bits per heavy atom. The van der Waals surface area contributed by atoms with Gasteiger partial charge in [-0.05, 0) is 100 Å². The Bertz CT molecular complexity index is 4000. The molecule has 466 valence electrons. The molecule has 29 heteroatoms. The van der Waals surface area contributed by atoms with Crippen LogP contribution in [0.25, 0.3) is 32.7 Å². The maximum atomic E-state index is 11.1. The number of ether oxygens (including phenoxy) is 1. The lowest BCUT2D eigenvalue weighted by atomic mass is 10.0. The number of aromatic nitrogens is 10. The van der Waals surface area contributed by atoms with Crippen LogP contribution in [-0.2, 0) is 24.0 Å². The highest BCUT2D eigenvalue weighted by atomic mass is 79.9. The highest BCUT2D eigenvalue weighted by Crippen LogP contribution is 2.36. The molecule has 0 saturated carbocycles. The zero-order valence-corrected chi connectivity index (χ0v) is 56.6. The third kappa shape index (κ3) is 21.9. The average molecular weight is 1400 g/mol. The van der Waals surface area contributed by atoms with E-state index in [0.717, 1.165) is 108 Å². The van der Waals surface area contributed by atoms with E-state index in [2.05, 4.69) is 104 Å². The molecule has 3 aromatic carbocycles. The molecule has 0 unspecified atom stereocenters. The molecule has 5 aromatic heterocycles. The van der Waals surface area contributed by atoms with Crippen molar-refractivity contribution in [3.63, 3.8) is 0 Å². The molecular weight excluding hydrogens is 1330 g/mol. The Morgan fingerprint density at radius 2 is 1.30 bits per heavy atom. The van der Waals surface area contributed by atoms with E-state index in [9.17, 15) is 24.0 Å². The highest BCUT2D eigenvalue weighted by Gasteiger charge is 2.22. The van der Waals surface area contributed by atoms with Crippen LogP contribution in [0, 0.1) is 20.8 Å². The lowest BCUT2D eigenvalue weighted by molar-refractivity contribution is -0.115. The van der Waals surface area contributed by atoms with Crippen molar-refractivity contribution < 1.29 is 28.7 Å². The van der Waals surface area contributed by atoms with Gasteiger partial charge in [0, 0.05) is 34.6 Å². The average Bonchev–Trinajstić information content (AvgIpc) is 3.26. The number of aryl methyl sites for hydroxylation is 3. The number of H-pyrrole nitrogens is 4. The van der Waals surface area contributed by atoms with E-state index in [4.69, 9.17) is 16.3 Å². The Balaban J connectivity index is 0.000000178. The van der Waals surface area contributed by atoms with Gasteiger partial charge < -0.3 is 14.7 Å². The quantitative estimate of drug-likeness (QED) is 0.0547. The van der Waals surface area contributed by atoms with E-state index in [1.165, 1.54) is 70.1 Å². The number of ketones is 5. The summed E-state index contributed by atoms with van der Waals surface area (Å²) in [6.45, 7) is 14.2. The number of hydrogen-bond acceptors (Lipinski definition) is 23. The van der Waals surface area contributed by atoms with Crippen LogP contribution in [0.2, 0.25) is 0 Å². The summed E-state index contributed by atoms with van der Waals surface area (Å²) in [4.78, 5) is 83.8. The number of allylic oxidation sites excluding steroid dienone is 1. The Morgan fingerprint density at radius 3 is 1.91 bits per heavy atom. The second-order valence-corrected chi connectivity index (χ2v) is 26.4. The van der Waals surface area contributed by atoms with Gasteiger partial charge in [-0.1, -0.05) is 91.1 Å². The molecule has 4 N–H and O–H groups in total. The van der Waals surface area contributed by atoms with Crippen LogP contribution in [0.4, 0.5) is 0 Å². The standard InChI is InChI=1S/C17H15BrN2O2S.C13H12ClNOS.2C10H12N4OS.C9H10N4OS2.CH4/c1-10(21)9-23-17-15(18)16(19-20-17)13-4-3-12-8-14(22-2)6-5-11(12)7-13;1-9(16)8-17-11-7-15-13(12(11)14)10-5-3-2-4-6-10;1-6(15)5-16-10-3-8(13-14-10)9-4-11-7(2)12-9;1-6(15)4-16-9-3-8(13-14-9)10-7(2)11-5-12-10;1-5(14)3-15-9-11-8(12-13-9)7-6(2)10-4-16-7;/h3-8H,9H2,1-2H3,(H,19,20);2-6H,7-8H2,1H3;4H,3,5H2,1-2H3,(H,11,12);5H,3-4H2,1-2H3,(H,11,12);4H,3H2,1-2H3,(H,11,12,13);1H4. The first-order valence-electron chi connectivity index (χ1n) is 26.8. The first kappa shape index (κ1) is 71.2. The van der Waals surface area contributed by atoms with Crippen molar-refractivity contribution in [2.45, 2.75) is 85.8 Å². The van der Waals surface area contributed by atoms with Gasteiger partial charge in [0.05, 0.1) is 109 Å². The number of hydrogen-bond donors (Lipinski definition) is 4. The molecule has 89 heavy (non-hydrogen) atoms. The van der Waals surface area contributed by atoms with Crippen LogP contribution >= 0.6 is 97.7 Å². The summed E-state index contributed by atoms with van der Waals surface area (Å²) in [6, 6.07) is 22.0. The fourth-order valence-corrected chi connectivity index (χ4v) is 12.9. The molecule has 0 atom stereocenters. The van der Waals surface area contributed by atoms with Crippen molar-refractivity contribution in [3.05, 3.63) is 133 Å². The van der Waals surface area contributed by atoms with E-state index >= 15 is 0 Å². The highest BCUT2D eigenvalue weighted by molar-refractivity contribution is 9.10. The molecule has 3 aliphatic rings. The minimum atomic E-state index is 0. The summed E-state index contributed by atoms with van der Waals surface area (Å²) >= 11 is 18.5. The van der Waals surface area contributed by atoms with Crippen molar-refractivity contribution in [2.24, 2.45) is 25.4 Å². The third-order valence-corrected chi connectivity index (χ3v) is 19.8. The van der Waals surface area contributed by atoms with Gasteiger partial charge in [-0.2, -0.15) is 15.3 Å². The Kier molecular flexibility index (Phi) is 28.4. The number of benzene rings is 3. The summed E-state index contributed by atoms with van der Waals surface area (Å²) < 4.78 is 6.14. The summed E-state index contributed by atoms with van der Waals surface area (Å²) in [5, 5.41) is 36.6. The van der Waals surface area contributed by atoms with Gasteiger partial charge in [-0.3, -0.25) is 39.2 Å². The smallest absolute Gasteiger partial charge is 0.209 e. The monoisotopic (exact) mass is 1400 g/mol. The molecule has 8 aromatic rings. The number of thiazole rings is 1. The minimum Gasteiger partial charge on any atom is -0.497 e. The molecule has 0 saturated heterocycles. The van der Waals surface area contributed by atoms with E-state index in [1.807, 2.05) is 75.4 Å². The summed E-state index contributed by atoms with van der Waals surface area (Å²) in [5.74, 6) is 5.32. The van der Waals surface area contributed by atoms with Crippen molar-refractivity contribution in [2.75, 3.05) is 42.4 Å². The number of aliphatic imine (C=N–C) groups is 1. The normalized spacial score (nSPS) is 13.0. The molecule has 0 radical (unpaired) electrons. The van der Waals surface area contributed by atoms with E-state index in [1.54, 1.807) is 59.8 Å². The van der Waals surface area contributed by atoms with Gasteiger partial charge in [-0.15, -0.1) is 61.9 Å². The van der Waals surface area contributed by atoms with Gasteiger partial charge in [0.1, 0.15) is 61.3 Å². The van der Waals surface area contributed by atoms with Crippen LogP contribution in [0.3, 0.4) is 0 Å². The van der Waals surface area contributed by atoms with E-state index < -0.39 is 0 Å². The number of thioether (sulfide) groups is 5. The number of Topliss-reactive ketones (excluding diaryl/α,β-unsaturated/α-hetero) is 5. The summed E-state index contributed by atoms with van der Waals surface area (Å²) in [5.41, 5.74) is 11.0. The van der Waals surface area contributed by atoms with Crippen LogP contribution in [-0.4, -0.2) is 149 Å². The predicted octanol–water partition coefficient (Wildman–Crippen LogP) is 13.6. The van der Waals surface area contributed by atoms with Crippen molar-refractivity contribution >= 4 is 165 Å². The Labute approximate surface area is 554 Å². The van der Waals surface area contributed by atoms with E-state index in [0.29, 0.717) is 64.2 Å². The number of carbonyl (C=O) groups excluding carboxylic acids is 5. The van der Waals surface area contributed by atoms with Crippen LogP contribution in [0.1, 0.15) is 89.1 Å². The van der Waals surface area contributed by atoms with Crippen LogP contribution in [0.15, 0.2) is 135 Å². The zero-order valence-electron chi connectivity index (χ0n) is 49.3. The molecule has 11 rings (SSSR count). The first-order valence-corrected chi connectivity index (χ1v) is 33.8. The van der Waals surface area contributed by atoms with Gasteiger partial charge in [0.2, 0.25) is 5.16 Å². The van der Waals surface area contributed by atoms with Crippen molar-refractivity contribution in [1.82, 2.24) is 50.3 Å². The lowest BCUT2D eigenvalue weighted by Gasteiger charge is -2.05. The fraction of sp³-hybridized carbons (Fsp3) is 0.300. The molecule has 0 amide bonds. The van der Waals surface area contributed by atoms with Crippen molar-refractivity contribution in [1.29, 1.82) is 0 Å². The number of methoxy groups -OCH3 is 1. The molecule has 0 bridgehead atoms. The van der Waals surface area contributed by atoms with Crippen LogP contribution in [0.5, 0.6) is 5.75 Å². The second kappa shape index (κ2) is 35.5. The number of halogens is 2. The first-order chi connectivity index (χ1) is 42.2. The minimum absolute atomic E-state index is 0.